The Morgan fingerprint density at radius 2 is 2.00 bits per heavy atom. The number of rotatable bonds is 5. The number of pyridine rings is 1. The van der Waals surface area contributed by atoms with E-state index in [1.165, 1.54) is 0 Å². The molecule has 1 heterocycles. The summed E-state index contributed by atoms with van der Waals surface area (Å²) >= 11 is 0. The van der Waals surface area contributed by atoms with Crippen molar-refractivity contribution in [3.63, 3.8) is 0 Å². The molecule has 124 valence electrons. The average Bonchev–Trinajstić information content (AvgIpc) is 2.34. The van der Waals surface area contributed by atoms with Gasteiger partial charge in [0.1, 0.15) is 5.54 Å². The van der Waals surface area contributed by atoms with Gasteiger partial charge < -0.3 is 20.6 Å². The Hall–Kier alpha value is -1.60. The van der Waals surface area contributed by atoms with Gasteiger partial charge in [-0.1, -0.05) is 20.8 Å². The van der Waals surface area contributed by atoms with Crippen molar-refractivity contribution in [3.05, 3.63) is 24.0 Å². The number of carbonyl (C=O) groups is 1. The van der Waals surface area contributed by atoms with E-state index in [1.807, 2.05) is 0 Å². The van der Waals surface area contributed by atoms with Crippen molar-refractivity contribution in [3.8, 4) is 0 Å². The molecule has 1 atom stereocenters. The summed E-state index contributed by atoms with van der Waals surface area (Å²) in [4.78, 5) is 15.4. The van der Waals surface area contributed by atoms with Gasteiger partial charge in [0.25, 0.3) is 0 Å². The molecule has 4 N–H and O–H groups in total. The summed E-state index contributed by atoms with van der Waals surface area (Å²) in [6.45, 7) is 12.6. The predicted octanol–water partition coefficient (Wildman–Crippen LogP) is 3.17. The number of nitrogens with two attached hydrogens (primary N) is 1. The maximum atomic E-state index is 11.2. The quantitative estimate of drug-likeness (QED) is 0.722. The van der Waals surface area contributed by atoms with Gasteiger partial charge in [0, 0.05) is 11.9 Å². The van der Waals surface area contributed by atoms with Crippen molar-refractivity contribution in [2.45, 2.75) is 51.4 Å². The molecule has 0 aliphatic heterocycles. The van der Waals surface area contributed by atoms with E-state index in [-0.39, 0.29) is 11.6 Å². The van der Waals surface area contributed by atoms with E-state index in [0.717, 1.165) is 0 Å². The van der Waals surface area contributed by atoms with Gasteiger partial charge in [-0.05, 0) is 37.2 Å². The third kappa shape index (κ3) is 4.44. The smallest absolute Gasteiger partial charge is 0.405 e. The van der Waals surface area contributed by atoms with Crippen LogP contribution in [-0.4, -0.2) is 31.1 Å². The molecular formula is C15H27N3O3Si. The van der Waals surface area contributed by atoms with Crippen LogP contribution in [0.5, 0.6) is 0 Å². The summed E-state index contributed by atoms with van der Waals surface area (Å²) in [6.07, 6.45) is 0.448. The summed E-state index contributed by atoms with van der Waals surface area (Å²) in [6, 6.07) is 3.34. The second kappa shape index (κ2) is 6.25. The first-order chi connectivity index (χ1) is 9.87. The number of carboxylic acid groups (broad SMARTS) is 1. The Balaban J connectivity index is 3.06. The number of nitrogens with one attached hydrogen (secondary N) is 1. The zero-order chi connectivity index (χ0) is 17.2. The van der Waals surface area contributed by atoms with Crippen LogP contribution >= 0.6 is 0 Å². The van der Waals surface area contributed by atoms with Gasteiger partial charge in [0.2, 0.25) is 0 Å². The summed E-state index contributed by atoms with van der Waals surface area (Å²) in [5, 5.41) is 11.7. The molecule has 7 heteroatoms. The molecule has 0 spiro atoms. The lowest BCUT2D eigenvalue weighted by atomic mass is 9.98. The minimum atomic E-state index is -2.00. The van der Waals surface area contributed by atoms with Crippen molar-refractivity contribution in [1.29, 1.82) is 0 Å². The zero-order valence-electron chi connectivity index (χ0n) is 14.2. The monoisotopic (exact) mass is 325 g/mol. The highest BCUT2D eigenvalue weighted by Crippen LogP contribution is 2.37. The number of hydrogen-bond donors (Lipinski definition) is 3. The van der Waals surface area contributed by atoms with Crippen LogP contribution in [0.25, 0.3) is 0 Å². The molecule has 0 aliphatic carbocycles. The maximum absolute atomic E-state index is 11.2. The van der Waals surface area contributed by atoms with Crippen molar-refractivity contribution < 1.29 is 14.3 Å². The molecule has 0 radical (unpaired) electrons. The first kappa shape index (κ1) is 18.4. The first-order valence-corrected chi connectivity index (χ1v) is 10.2. The van der Waals surface area contributed by atoms with E-state index in [4.69, 9.17) is 15.3 Å². The number of nitrogens with zero attached hydrogens (tertiary/aromatic N) is 1. The summed E-state index contributed by atoms with van der Waals surface area (Å²) in [5.74, 6) is 0. The zero-order valence-corrected chi connectivity index (χ0v) is 15.2. The highest BCUT2D eigenvalue weighted by molar-refractivity contribution is 6.74. The lowest BCUT2D eigenvalue weighted by Crippen LogP contribution is -2.51. The third-order valence-corrected chi connectivity index (χ3v) is 8.74. The number of aromatic nitrogens is 1. The van der Waals surface area contributed by atoms with Gasteiger partial charge >= 0.3 is 6.09 Å². The Morgan fingerprint density at radius 3 is 2.45 bits per heavy atom. The van der Waals surface area contributed by atoms with E-state index < -0.39 is 19.9 Å². The molecule has 6 nitrogen and oxygen atoms in total. The normalized spacial score (nSPS) is 15.2. The molecule has 1 rings (SSSR count). The second-order valence-corrected chi connectivity index (χ2v) is 12.1. The number of anilines is 1. The van der Waals surface area contributed by atoms with Crippen LogP contribution in [-0.2, 0) is 9.96 Å². The third-order valence-electron chi connectivity index (χ3n) is 4.26. The van der Waals surface area contributed by atoms with Crippen LogP contribution in [0.2, 0.25) is 18.1 Å². The molecule has 0 aromatic carbocycles. The number of amides is 1. The van der Waals surface area contributed by atoms with Crippen LogP contribution in [0.3, 0.4) is 0 Å². The molecule has 1 aromatic heterocycles. The van der Waals surface area contributed by atoms with Crippen molar-refractivity contribution >= 4 is 20.1 Å². The molecule has 0 saturated carbocycles. The standard InChI is InChI=1S/C15H27N3O3Si/c1-14(2,3)22(5,6)21-10-15(4,18-13(19)20)12-9-11(16)7-8-17-12/h7-9,18H,10H2,1-6H3,(H2,16,17)(H,19,20). The van der Waals surface area contributed by atoms with Gasteiger partial charge in [0.15, 0.2) is 8.32 Å². The van der Waals surface area contributed by atoms with Crippen LogP contribution < -0.4 is 11.1 Å². The Bertz CT molecular complexity index is 543. The molecule has 0 fully saturated rings. The minimum Gasteiger partial charge on any atom is -0.465 e. The van der Waals surface area contributed by atoms with E-state index in [9.17, 15) is 4.79 Å². The van der Waals surface area contributed by atoms with Gasteiger partial charge in [-0.2, -0.15) is 0 Å². The fourth-order valence-electron chi connectivity index (χ4n) is 1.70. The van der Waals surface area contributed by atoms with E-state index in [0.29, 0.717) is 11.4 Å². The molecule has 0 aliphatic rings. The lowest BCUT2D eigenvalue weighted by molar-refractivity contribution is 0.147. The van der Waals surface area contributed by atoms with Crippen LogP contribution in [0.15, 0.2) is 18.3 Å². The topological polar surface area (TPSA) is 97.5 Å². The predicted molar refractivity (Wildman–Crippen MR) is 90.3 cm³/mol. The van der Waals surface area contributed by atoms with Crippen molar-refractivity contribution in [1.82, 2.24) is 10.3 Å². The molecular weight excluding hydrogens is 298 g/mol. The average molecular weight is 325 g/mol. The van der Waals surface area contributed by atoms with Gasteiger partial charge in [-0.25, -0.2) is 4.79 Å². The summed E-state index contributed by atoms with van der Waals surface area (Å²) < 4.78 is 6.19. The number of nitrogen functional groups attached to an aromatic ring is 1. The highest BCUT2D eigenvalue weighted by atomic mass is 28.4. The van der Waals surface area contributed by atoms with Gasteiger partial charge in [0.05, 0.1) is 12.3 Å². The fraction of sp³-hybridized carbons (Fsp3) is 0.600. The SMILES string of the molecule is CC(CO[Si](C)(C)C(C)(C)C)(NC(=O)O)c1cc(N)ccn1. The molecule has 1 amide bonds. The van der Waals surface area contributed by atoms with Crippen LogP contribution in [0.1, 0.15) is 33.4 Å². The van der Waals surface area contributed by atoms with Gasteiger partial charge in [-0.3, -0.25) is 4.98 Å². The van der Waals surface area contributed by atoms with E-state index >= 15 is 0 Å². The highest BCUT2D eigenvalue weighted by Gasteiger charge is 2.40. The van der Waals surface area contributed by atoms with Gasteiger partial charge in [-0.15, -0.1) is 0 Å². The first-order valence-electron chi connectivity index (χ1n) is 7.24. The fourth-order valence-corrected chi connectivity index (χ4v) is 2.78. The lowest BCUT2D eigenvalue weighted by Gasteiger charge is -2.39. The largest absolute Gasteiger partial charge is 0.465 e. The van der Waals surface area contributed by atoms with E-state index in [1.54, 1.807) is 25.3 Å². The molecule has 1 aromatic rings. The van der Waals surface area contributed by atoms with Crippen molar-refractivity contribution in [2.75, 3.05) is 12.3 Å². The Morgan fingerprint density at radius 1 is 1.41 bits per heavy atom. The maximum Gasteiger partial charge on any atom is 0.405 e. The minimum absolute atomic E-state index is 0.0419. The molecule has 0 saturated heterocycles. The Labute approximate surface area is 133 Å². The second-order valence-electron chi connectivity index (χ2n) is 7.29. The molecule has 0 bridgehead atoms. The molecule has 22 heavy (non-hydrogen) atoms. The van der Waals surface area contributed by atoms with E-state index in [2.05, 4.69) is 44.2 Å². The van der Waals surface area contributed by atoms with Crippen molar-refractivity contribution in [2.24, 2.45) is 0 Å². The summed E-state index contributed by atoms with van der Waals surface area (Å²) in [5.41, 5.74) is 5.93. The number of hydrogen-bond acceptors (Lipinski definition) is 4. The van der Waals surface area contributed by atoms with Crippen LogP contribution in [0, 0.1) is 0 Å². The summed E-state index contributed by atoms with van der Waals surface area (Å²) in [7, 11) is -2.00. The van der Waals surface area contributed by atoms with Crippen LogP contribution in [0.4, 0.5) is 10.5 Å². The Kier molecular flexibility index (Phi) is 5.24. The molecule has 1 unspecified atom stereocenters.